The van der Waals surface area contributed by atoms with Crippen LogP contribution in [-0.2, 0) is 4.74 Å². The van der Waals surface area contributed by atoms with Crippen LogP contribution in [0, 0.1) is 5.82 Å². The molecule has 0 amide bonds. The molecule has 1 aromatic heterocycles. The molecule has 0 saturated carbocycles. The van der Waals surface area contributed by atoms with Crippen LogP contribution in [0.1, 0.15) is 26.2 Å². The quantitative estimate of drug-likeness (QED) is 0.863. The fourth-order valence-corrected chi connectivity index (χ4v) is 3.85. The van der Waals surface area contributed by atoms with Crippen LogP contribution in [0.4, 0.5) is 10.2 Å². The van der Waals surface area contributed by atoms with Crippen molar-refractivity contribution in [2.24, 2.45) is 0 Å². The molecule has 3 heterocycles. The standard InChI is InChI=1S/C18H24FN3O2/c1-13(21-7-3-2-4-8-21)17-12-22(9-10-23-17)18-15-6-5-14(19)11-16(15)24-20-18/h5-6,11,13,17H,2-4,7-10,12H2,1H3. The zero-order valence-electron chi connectivity index (χ0n) is 14.1. The third-order valence-electron chi connectivity index (χ3n) is 5.31. The summed E-state index contributed by atoms with van der Waals surface area (Å²) in [5, 5.41) is 5.05. The number of hydrogen-bond donors (Lipinski definition) is 0. The number of aromatic nitrogens is 1. The minimum Gasteiger partial charge on any atom is -0.373 e. The second kappa shape index (κ2) is 6.69. The maximum Gasteiger partial charge on any atom is 0.180 e. The van der Waals surface area contributed by atoms with Crippen molar-refractivity contribution in [2.45, 2.75) is 38.3 Å². The number of benzene rings is 1. The lowest BCUT2D eigenvalue weighted by Gasteiger charge is -2.41. The highest BCUT2D eigenvalue weighted by atomic mass is 19.1. The van der Waals surface area contributed by atoms with Crippen molar-refractivity contribution in [2.75, 3.05) is 37.7 Å². The summed E-state index contributed by atoms with van der Waals surface area (Å²) < 4.78 is 24.7. The van der Waals surface area contributed by atoms with Gasteiger partial charge in [-0.25, -0.2) is 4.39 Å². The van der Waals surface area contributed by atoms with E-state index in [9.17, 15) is 4.39 Å². The molecule has 0 N–H and O–H groups in total. The van der Waals surface area contributed by atoms with Gasteiger partial charge in [-0.1, -0.05) is 11.6 Å². The van der Waals surface area contributed by atoms with Gasteiger partial charge in [-0.05, 0) is 45.0 Å². The highest BCUT2D eigenvalue weighted by Crippen LogP contribution is 2.29. The number of nitrogens with zero attached hydrogens (tertiary/aromatic N) is 3. The summed E-state index contributed by atoms with van der Waals surface area (Å²) in [6, 6.07) is 4.98. The maximum absolute atomic E-state index is 13.3. The molecule has 130 valence electrons. The Labute approximate surface area is 141 Å². The second-order valence-electron chi connectivity index (χ2n) is 6.84. The molecule has 2 unspecified atom stereocenters. The van der Waals surface area contributed by atoms with Crippen molar-refractivity contribution < 1.29 is 13.7 Å². The van der Waals surface area contributed by atoms with Gasteiger partial charge in [-0.15, -0.1) is 0 Å². The van der Waals surface area contributed by atoms with Gasteiger partial charge in [-0.2, -0.15) is 0 Å². The lowest BCUT2D eigenvalue weighted by atomic mass is 10.0. The number of likely N-dealkylation sites (tertiary alicyclic amines) is 1. The fourth-order valence-electron chi connectivity index (χ4n) is 3.85. The Bertz CT molecular complexity index is 699. The molecular weight excluding hydrogens is 309 g/mol. The van der Waals surface area contributed by atoms with Crippen LogP contribution in [0.25, 0.3) is 11.0 Å². The Morgan fingerprint density at radius 1 is 1.21 bits per heavy atom. The molecule has 0 aliphatic carbocycles. The molecule has 6 heteroatoms. The Balaban J connectivity index is 1.51. The number of halogens is 1. The van der Waals surface area contributed by atoms with E-state index in [1.807, 2.05) is 0 Å². The van der Waals surface area contributed by atoms with Crippen molar-refractivity contribution in [3.8, 4) is 0 Å². The van der Waals surface area contributed by atoms with Gasteiger partial charge in [0.1, 0.15) is 5.82 Å². The van der Waals surface area contributed by atoms with Crippen molar-refractivity contribution in [1.82, 2.24) is 10.1 Å². The summed E-state index contributed by atoms with van der Waals surface area (Å²) in [6.45, 7) is 6.83. The second-order valence-corrected chi connectivity index (χ2v) is 6.84. The SMILES string of the molecule is CC(C1CN(c2noc3cc(F)ccc23)CCO1)N1CCCCC1. The zero-order chi connectivity index (χ0) is 16.5. The maximum atomic E-state index is 13.3. The molecule has 2 aliphatic rings. The van der Waals surface area contributed by atoms with E-state index in [1.165, 1.54) is 31.4 Å². The van der Waals surface area contributed by atoms with Crippen molar-refractivity contribution in [1.29, 1.82) is 0 Å². The van der Waals surface area contributed by atoms with E-state index in [1.54, 1.807) is 6.07 Å². The van der Waals surface area contributed by atoms with Crippen LogP contribution in [0.2, 0.25) is 0 Å². The molecule has 0 bridgehead atoms. The van der Waals surface area contributed by atoms with Crippen LogP contribution in [-0.4, -0.2) is 55.0 Å². The average Bonchev–Trinajstić information content (AvgIpc) is 3.05. The summed E-state index contributed by atoms with van der Waals surface area (Å²) in [4.78, 5) is 4.74. The highest BCUT2D eigenvalue weighted by molar-refractivity contribution is 5.88. The molecule has 0 radical (unpaired) electrons. The molecule has 0 spiro atoms. The van der Waals surface area contributed by atoms with Gasteiger partial charge < -0.3 is 14.2 Å². The monoisotopic (exact) mass is 333 g/mol. The Hall–Kier alpha value is -1.66. The van der Waals surface area contributed by atoms with Crippen LogP contribution in [0.5, 0.6) is 0 Å². The van der Waals surface area contributed by atoms with Gasteiger partial charge in [0, 0.05) is 25.2 Å². The Morgan fingerprint density at radius 2 is 2.04 bits per heavy atom. The molecule has 2 fully saturated rings. The predicted molar refractivity (Wildman–Crippen MR) is 90.8 cm³/mol. The van der Waals surface area contributed by atoms with Crippen LogP contribution in [0.3, 0.4) is 0 Å². The summed E-state index contributed by atoms with van der Waals surface area (Å²) in [5.74, 6) is 0.493. The molecule has 24 heavy (non-hydrogen) atoms. The first-order chi connectivity index (χ1) is 11.7. The van der Waals surface area contributed by atoms with E-state index in [2.05, 4.69) is 21.9 Å². The number of fused-ring (bicyclic) bond motifs is 1. The van der Waals surface area contributed by atoms with Gasteiger partial charge in [0.05, 0.1) is 18.1 Å². The number of anilines is 1. The lowest BCUT2D eigenvalue weighted by molar-refractivity contribution is -0.0220. The van der Waals surface area contributed by atoms with Crippen molar-refractivity contribution in [3.05, 3.63) is 24.0 Å². The molecular formula is C18H24FN3O2. The number of morpholine rings is 1. The zero-order valence-corrected chi connectivity index (χ0v) is 14.1. The summed E-state index contributed by atoms with van der Waals surface area (Å²) >= 11 is 0. The number of hydrogen-bond acceptors (Lipinski definition) is 5. The summed E-state index contributed by atoms with van der Waals surface area (Å²) in [5.41, 5.74) is 0.497. The number of rotatable bonds is 3. The first-order valence-electron chi connectivity index (χ1n) is 8.88. The van der Waals surface area contributed by atoms with Gasteiger partial charge in [0.2, 0.25) is 0 Å². The Kier molecular flexibility index (Phi) is 4.41. The van der Waals surface area contributed by atoms with E-state index >= 15 is 0 Å². The Morgan fingerprint density at radius 3 is 2.88 bits per heavy atom. The van der Waals surface area contributed by atoms with Gasteiger partial charge in [0.15, 0.2) is 11.4 Å². The summed E-state index contributed by atoms with van der Waals surface area (Å²) in [7, 11) is 0. The van der Waals surface area contributed by atoms with Crippen LogP contribution < -0.4 is 4.90 Å². The highest BCUT2D eigenvalue weighted by Gasteiger charge is 2.31. The first kappa shape index (κ1) is 15.8. The lowest BCUT2D eigenvalue weighted by Crippen LogP contribution is -2.53. The smallest absolute Gasteiger partial charge is 0.180 e. The number of ether oxygens (including phenoxy) is 1. The number of piperidine rings is 1. The van der Waals surface area contributed by atoms with Crippen molar-refractivity contribution in [3.63, 3.8) is 0 Å². The van der Waals surface area contributed by atoms with E-state index in [0.29, 0.717) is 18.2 Å². The van der Waals surface area contributed by atoms with Crippen molar-refractivity contribution >= 4 is 16.8 Å². The molecule has 2 saturated heterocycles. The average molecular weight is 333 g/mol. The van der Waals surface area contributed by atoms with Gasteiger partial charge in [-0.3, -0.25) is 4.90 Å². The van der Waals surface area contributed by atoms with E-state index in [0.717, 1.165) is 37.4 Å². The topological polar surface area (TPSA) is 41.7 Å². The molecule has 5 nitrogen and oxygen atoms in total. The normalized spacial score (nSPS) is 24.4. The first-order valence-corrected chi connectivity index (χ1v) is 8.88. The van der Waals surface area contributed by atoms with Gasteiger partial charge >= 0.3 is 0 Å². The van der Waals surface area contributed by atoms with Crippen LogP contribution >= 0.6 is 0 Å². The van der Waals surface area contributed by atoms with Crippen LogP contribution in [0.15, 0.2) is 22.7 Å². The minimum absolute atomic E-state index is 0.157. The minimum atomic E-state index is -0.302. The summed E-state index contributed by atoms with van der Waals surface area (Å²) in [6.07, 6.45) is 4.05. The molecule has 2 aliphatic heterocycles. The third-order valence-corrected chi connectivity index (χ3v) is 5.31. The largest absolute Gasteiger partial charge is 0.373 e. The molecule has 1 aromatic carbocycles. The predicted octanol–water partition coefficient (Wildman–Crippen LogP) is 3.05. The van der Waals surface area contributed by atoms with E-state index in [-0.39, 0.29) is 11.9 Å². The third kappa shape index (κ3) is 3.00. The van der Waals surface area contributed by atoms with E-state index < -0.39 is 0 Å². The molecule has 4 rings (SSSR count). The van der Waals surface area contributed by atoms with E-state index in [4.69, 9.17) is 9.26 Å². The molecule has 2 atom stereocenters. The van der Waals surface area contributed by atoms with Gasteiger partial charge in [0.25, 0.3) is 0 Å². The fraction of sp³-hybridized carbons (Fsp3) is 0.611. The molecule has 2 aromatic rings.